The minimum absolute atomic E-state index is 0.149. The fourth-order valence-electron chi connectivity index (χ4n) is 2.90. The number of ether oxygens (including phenoxy) is 1. The maximum atomic E-state index is 13.1. The molecule has 0 fully saturated rings. The second-order valence-electron chi connectivity index (χ2n) is 6.45. The summed E-state index contributed by atoms with van der Waals surface area (Å²) in [5.41, 5.74) is 1.56. The molecule has 6 nitrogen and oxygen atoms in total. The van der Waals surface area contributed by atoms with Crippen molar-refractivity contribution in [3.05, 3.63) is 88.4 Å². The van der Waals surface area contributed by atoms with Crippen LogP contribution in [0.15, 0.2) is 77.3 Å². The highest BCUT2D eigenvalue weighted by Gasteiger charge is 2.24. The number of H-pyrrole nitrogens is 1. The van der Waals surface area contributed by atoms with Crippen molar-refractivity contribution in [2.75, 3.05) is 12.4 Å². The molecular weight excluding hydrogens is 416 g/mol. The summed E-state index contributed by atoms with van der Waals surface area (Å²) in [6, 6.07) is 21.0. The summed E-state index contributed by atoms with van der Waals surface area (Å²) >= 11 is 3.00. The van der Waals surface area contributed by atoms with Crippen LogP contribution < -0.4 is 10.1 Å². The number of anilines is 1. The van der Waals surface area contributed by atoms with Crippen molar-refractivity contribution < 1.29 is 9.53 Å². The van der Waals surface area contributed by atoms with Crippen molar-refractivity contribution in [3.8, 4) is 5.75 Å². The molecule has 0 aliphatic carbocycles. The predicted octanol–water partition coefficient (Wildman–Crippen LogP) is 4.94. The molecule has 30 heavy (non-hydrogen) atoms. The molecule has 4 aromatic rings. The number of thioether (sulfide) groups is 1. The molecule has 0 aliphatic heterocycles. The third-order valence-electron chi connectivity index (χ3n) is 4.33. The van der Waals surface area contributed by atoms with Crippen LogP contribution in [0, 0.1) is 0 Å². The summed E-state index contributed by atoms with van der Waals surface area (Å²) in [5.74, 6) is 1.31. The van der Waals surface area contributed by atoms with Crippen molar-refractivity contribution in [2.24, 2.45) is 0 Å². The number of rotatable bonds is 8. The predicted molar refractivity (Wildman–Crippen MR) is 120 cm³/mol. The molecule has 2 N–H and O–H groups in total. The number of methoxy groups -OCH3 is 1. The Bertz CT molecular complexity index is 1100. The van der Waals surface area contributed by atoms with Gasteiger partial charge in [0.2, 0.25) is 11.1 Å². The lowest BCUT2D eigenvalue weighted by Crippen LogP contribution is -2.19. The van der Waals surface area contributed by atoms with Gasteiger partial charge in [0.15, 0.2) is 0 Å². The Kier molecular flexibility index (Phi) is 6.46. The zero-order chi connectivity index (χ0) is 20.8. The van der Waals surface area contributed by atoms with Gasteiger partial charge in [-0.2, -0.15) is 0 Å². The SMILES string of the molecule is COc1cccc(NC(=O)C(Sc2n[nH]c(Cc3cccs3)n2)c2ccccc2)c1. The molecule has 8 heteroatoms. The standard InChI is InChI=1S/C22H20N4O2S2/c1-28-17-10-5-9-16(13-17)23-21(27)20(15-7-3-2-4-8-15)30-22-24-19(25-26-22)14-18-11-6-12-29-18/h2-13,20H,14H2,1H3,(H,23,27)(H,24,25,26). The number of aromatic nitrogens is 3. The number of carbonyl (C=O) groups is 1. The van der Waals surface area contributed by atoms with E-state index in [9.17, 15) is 4.79 Å². The summed E-state index contributed by atoms with van der Waals surface area (Å²) in [7, 11) is 1.60. The van der Waals surface area contributed by atoms with E-state index in [1.54, 1.807) is 24.5 Å². The molecule has 0 saturated carbocycles. The molecule has 1 atom stereocenters. The normalized spacial score (nSPS) is 11.8. The molecule has 2 aromatic heterocycles. The lowest BCUT2D eigenvalue weighted by molar-refractivity contribution is -0.115. The van der Waals surface area contributed by atoms with Crippen LogP contribution in [0.2, 0.25) is 0 Å². The van der Waals surface area contributed by atoms with E-state index in [1.165, 1.54) is 16.6 Å². The summed E-state index contributed by atoms with van der Waals surface area (Å²) in [6.45, 7) is 0. The Labute approximate surface area is 182 Å². The van der Waals surface area contributed by atoms with E-state index in [0.717, 1.165) is 11.4 Å². The maximum absolute atomic E-state index is 13.1. The summed E-state index contributed by atoms with van der Waals surface area (Å²) in [5, 5.41) is 12.3. The van der Waals surface area contributed by atoms with E-state index in [0.29, 0.717) is 23.0 Å². The molecule has 0 aliphatic rings. The van der Waals surface area contributed by atoms with Gasteiger partial charge in [-0.05, 0) is 29.1 Å². The lowest BCUT2D eigenvalue weighted by atomic mass is 10.1. The Balaban J connectivity index is 1.53. The molecule has 2 aromatic carbocycles. The number of nitrogens with zero attached hydrogens (tertiary/aromatic N) is 2. The Morgan fingerprint density at radius 1 is 1.17 bits per heavy atom. The fourth-order valence-corrected chi connectivity index (χ4v) is 4.54. The average molecular weight is 437 g/mol. The number of hydrogen-bond acceptors (Lipinski definition) is 6. The zero-order valence-corrected chi connectivity index (χ0v) is 17.9. The summed E-state index contributed by atoms with van der Waals surface area (Å²) in [6.07, 6.45) is 0.692. The van der Waals surface area contributed by atoms with Crippen LogP contribution >= 0.6 is 23.1 Å². The number of nitrogens with one attached hydrogen (secondary N) is 2. The number of aromatic amines is 1. The van der Waals surface area contributed by atoms with Gasteiger partial charge in [0.25, 0.3) is 0 Å². The maximum Gasteiger partial charge on any atom is 0.242 e. The molecular formula is C22H20N4O2S2. The second-order valence-corrected chi connectivity index (χ2v) is 8.56. The van der Waals surface area contributed by atoms with Gasteiger partial charge in [-0.1, -0.05) is 54.2 Å². The molecule has 1 unspecified atom stereocenters. The summed E-state index contributed by atoms with van der Waals surface area (Å²) in [4.78, 5) is 18.9. The van der Waals surface area contributed by atoms with Crippen LogP contribution in [0.5, 0.6) is 5.75 Å². The van der Waals surface area contributed by atoms with Gasteiger partial charge in [-0.3, -0.25) is 9.89 Å². The Hall–Kier alpha value is -3.10. The molecule has 0 radical (unpaired) electrons. The smallest absolute Gasteiger partial charge is 0.242 e. The molecule has 0 spiro atoms. The van der Waals surface area contributed by atoms with Gasteiger partial charge in [0, 0.05) is 23.1 Å². The molecule has 0 saturated heterocycles. The first-order valence-corrected chi connectivity index (χ1v) is 11.1. The fraction of sp³-hybridized carbons (Fsp3) is 0.136. The van der Waals surface area contributed by atoms with Gasteiger partial charge in [0.05, 0.1) is 7.11 Å². The van der Waals surface area contributed by atoms with Crippen molar-refractivity contribution in [1.29, 1.82) is 0 Å². The first kappa shape index (κ1) is 20.2. The first-order chi connectivity index (χ1) is 14.7. The van der Waals surface area contributed by atoms with E-state index in [1.807, 2.05) is 60.0 Å². The van der Waals surface area contributed by atoms with Gasteiger partial charge in [0.1, 0.15) is 16.8 Å². The van der Waals surface area contributed by atoms with E-state index in [-0.39, 0.29) is 5.91 Å². The van der Waals surface area contributed by atoms with Crippen LogP contribution in [0.4, 0.5) is 5.69 Å². The van der Waals surface area contributed by atoms with Crippen LogP contribution in [0.1, 0.15) is 21.5 Å². The highest BCUT2D eigenvalue weighted by atomic mass is 32.2. The number of benzene rings is 2. The van der Waals surface area contributed by atoms with E-state index >= 15 is 0 Å². The third kappa shape index (κ3) is 5.08. The highest BCUT2D eigenvalue weighted by Crippen LogP contribution is 2.34. The second kappa shape index (κ2) is 9.60. The van der Waals surface area contributed by atoms with Crippen LogP contribution in [0.25, 0.3) is 0 Å². The molecule has 2 heterocycles. The van der Waals surface area contributed by atoms with Crippen molar-refractivity contribution in [3.63, 3.8) is 0 Å². The van der Waals surface area contributed by atoms with E-state index in [4.69, 9.17) is 4.74 Å². The van der Waals surface area contributed by atoms with E-state index < -0.39 is 5.25 Å². The number of amides is 1. The lowest BCUT2D eigenvalue weighted by Gasteiger charge is -2.16. The van der Waals surface area contributed by atoms with Crippen LogP contribution in [0.3, 0.4) is 0 Å². The number of hydrogen-bond donors (Lipinski definition) is 2. The molecule has 4 rings (SSSR count). The molecule has 0 bridgehead atoms. The van der Waals surface area contributed by atoms with Gasteiger partial charge in [-0.15, -0.1) is 16.4 Å². The van der Waals surface area contributed by atoms with Crippen molar-refractivity contribution in [2.45, 2.75) is 16.8 Å². The minimum Gasteiger partial charge on any atom is -0.497 e. The topological polar surface area (TPSA) is 79.9 Å². The van der Waals surface area contributed by atoms with Gasteiger partial charge >= 0.3 is 0 Å². The van der Waals surface area contributed by atoms with E-state index in [2.05, 4.69) is 26.6 Å². The third-order valence-corrected chi connectivity index (χ3v) is 6.33. The quantitative estimate of drug-likeness (QED) is 0.383. The zero-order valence-electron chi connectivity index (χ0n) is 16.2. The average Bonchev–Trinajstić information content (AvgIpc) is 3.45. The van der Waals surface area contributed by atoms with Crippen molar-refractivity contribution >= 4 is 34.7 Å². The minimum atomic E-state index is -0.497. The number of thiophene rings is 1. The first-order valence-electron chi connectivity index (χ1n) is 9.31. The Morgan fingerprint density at radius 2 is 2.03 bits per heavy atom. The van der Waals surface area contributed by atoms with Crippen molar-refractivity contribution in [1.82, 2.24) is 15.2 Å². The number of carbonyl (C=O) groups excluding carboxylic acids is 1. The van der Waals surface area contributed by atoms with Gasteiger partial charge in [-0.25, -0.2) is 4.98 Å². The molecule has 1 amide bonds. The van der Waals surface area contributed by atoms with Crippen LogP contribution in [-0.2, 0) is 11.2 Å². The Morgan fingerprint density at radius 3 is 2.80 bits per heavy atom. The van der Waals surface area contributed by atoms with Crippen LogP contribution in [-0.4, -0.2) is 28.2 Å². The summed E-state index contributed by atoms with van der Waals surface area (Å²) < 4.78 is 5.24. The van der Waals surface area contributed by atoms with Gasteiger partial charge < -0.3 is 10.1 Å². The largest absolute Gasteiger partial charge is 0.497 e. The molecule has 152 valence electrons. The highest BCUT2D eigenvalue weighted by molar-refractivity contribution is 8.00. The monoisotopic (exact) mass is 436 g/mol.